The largest absolute Gasteiger partial charge is 0.391 e. The summed E-state index contributed by atoms with van der Waals surface area (Å²) in [6, 6.07) is 16.6. The van der Waals surface area contributed by atoms with Gasteiger partial charge in [0.1, 0.15) is 6.61 Å². The van der Waals surface area contributed by atoms with Crippen molar-refractivity contribution in [2.24, 2.45) is 15.9 Å². The van der Waals surface area contributed by atoms with Crippen molar-refractivity contribution in [2.75, 3.05) is 5.75 Å². The molecule has 26 heavy (non-hydrogen) atoms. The third-order valence-electron chi connectivity index (χ3n) is 4.65. The van der Waals surface area contributed by atoms with Crippen molar-refractivity contribution in [1.82, 2.24) is 0 Å². The Balaban J connectivity index is 1.72. The Hall–Kier alpha value is -2.27. The van der Waals surface area contributed by atoms with Crippen LogP contribution in [-0.4, -0.2) is 16.6 Å². The van der Waals surface area contributed by atoms with Crippen LogP contribution in [0.25, 0.3) is 0 Å². The van der Waals surface area contributed by atoms with Crippen molar-refractivity contribution < 1.29 is 4.84 Å². The van der Waals surface area contributed by atoms with E-state index in [9.17, 15) is 0 Å². The first-order valence-electron chi connectivity index (χ1n) is 8.77. The molecule has 0 radical (unpaired) electrons. The summed E-state index contributed by atoms with van der Waals surface area (Å²) in [6.45, 7) is 6.64. The van der Waals surface area contributed by atoms with Gasteiger partial charge in [0.15, 0.2) is 5.17 Å². The molecule has 3 rings (SSSR count). The molecule has 1 atom stereocenters. The molecule has 5 heteroatoms. The summed E-state index contributed by atoms with van der Waals surface area (Å²) in [6.07, 6.45) is 0.974. The van der Waals surface area contributed by atoms with E-state index in [0.29, 0.717) is 11.8 Å². The molecule has 136 valence electrons. The summed E-state index contributed by atoms with van der Waals surface area (Å²) in [5, 5.41) is 4.95. The SMILES string of the molecule is CC(=NOCc1ccc(C)cc1)c1cccc(C2(C)CCSC(N)=N2)c1. The maximum atomic E-state index is 5.95. The van der Waals surface area contributed by atoms with Crippen molar-refractivity contribution in [3.8, 4) is 0 Å². The van der Waals surface area contributed by atoms with Gasteiger partial charge in [-0.25, -0.2) is 0 Å². The van der Waals surface area contributed by atoms with Crippen molar-refractivity contribution in [3.05, 3.63) is 70.8 Å². The van der Waals surface area contributed by atoms with Crippen molar-refractivity contribution in [1.29, 1.82) is 0 Å². The van der Waals surface area contributed by atoms with Crippen LogP contribution < -0.4 is 5.73 Å². The van der Waals surface area contributed by atoms with Gasteiger partial charge in [0.25, 0.3) is 0 Å². The summed E-state index contributed by atoms with van der Waals surface area (Å²) in [5.41, 5.74) is 11.1. The molecule has 0 aliphatic carbocycles. The first kappa shape index (κ1) is 18.5. The van der Waals surface area contributed by atoms with Gasteiger partial charge in [-0.05, 0) is 49.9 Å². The van der Waals surface area contributed by atoms with Crippen LogP contribution in [0.2, 0.25) is 0 Å². The highest BCUT2D eigenvalue weighted by molar-refractivity contribution is 8.13. The molecule has 0 spiro atoms. The minimum Gasteiger partial charge on any atom is -0.391 e. The molecule has 2 N–H and O–H groups in total. The molecule has 1 aliphatic rings. The zero-order valence-corrected chi connectivity index (χ0v) is 16.3. The van der Waals surface area contributed by atoms with Gasteiger partial charge < -0.3 is 10.6 Å². The fourth-order valence-electron chi connectivity index (χ4n) is 2.91. The van der Waals surface area contributed by atoms with Gasteiger partial charge in [0.05, 0.1) is 11.3 Å². The lowest BCUT2D eigenvalue weighted by atomic mass is 9.88. The van der Waals surface area contributed by atoms with Crippen LogP contribution in [0.15, 0.2) is 58.7 Å². The van der Waals surface area contributed by atoms with E-state index in [1.54, 1.807) is 11.8 Å². The average molecular weight is 368 g/mol. The fraction of sp³-hybridized carbons (Fsp3) is 0.333. The molecule has 0 fully saturated rings. The van der Waals surface area contributed by atoms with E-state index in [-0.39, 0.29) is 5.54 Å². The second-order valence-corrected chi connectivity index (χ2v) is 7.95. The summed E-state index contributed by atoms with van der Waals surface area (Å²) >= 11 is 1.62. The van der Waals surface area contributed by atoms with Gasteiger partial charge >= 0.3 is 0 Å². The second kappa shape index (κ2) is 7.96. The highest BCUT2D eigenvalue weighted by Crippen LogP contribution is 2.35. The van der Waals surface area contributed by atoms with Gasteiger partial charge in [0.2, 0.25) is 0 Å². The molecule has 1 unspecified atom stereocenters. The van der Waals surface area contributed by atoms with E-state index in [0.717, 1.165) is 34.6 Å². The first-order valence-corrected chi connectivity index (χ1v) is 9.76. The number of aryl methyl sites for hydroxylation is 1. The Labute approximate surface area is 159 Å². The van der Waals surface area contributed by atoms with Crippen LogP contribution in [-0.2, 0) is 17.0 Å². The Bertz CT molecular complexity index is 829. The van der Waals surface area contributed by atoms with E-state index >= 15 is 0 Å². The number of nitrogens with zero attached hydrogens (tertiary/aromatic N) is 2. The van der Waals surface area contributed by atoms with Gasteiger partial charge in [-0.2, -0.15) is 0 Å². The molecule has 0 amide bonds. The monoisotopic (exact) mass is 367 g/mol. The maximum absolute atomic E-state index is 5.95. The highest BCUT2D eigenvalue weighted by Gasteiger charge is 2.29. The molecular weight excluding hydrogens is 342 g/mol. The van der Waals surface area contributed by atoms with Crippen molar-refractivity contribution >= 4 is 22.6 Å². The van der Waals surface area contributed by atoms with E-state index in [1.165, 1.54) is 5.56 Å². The van der Waals surface area contributed by atoms with Crippen LogP contribution >= 0.6 is 11.8 Å². The zero-order chi connectivity index (χ0) is 18.6. The van der Waals surface area contributed by atoms with Crippen LogP contribution in [0.3, 0.4) is 0 Å². The molecule has 1 heterocycles. The molecule has 0 bridgehead atoms. The number of oxime groups is 1. The quantitative estimate of drug-likeness (QED) is 0.620. The van der Waals surface area contributed by atoms with E-state index in [4.69, 9.17) is 10.6 Å². The summed E-state index contributed by atoms with van der Waals surface area (Å²) in [5.74, 6) is 0.989. The van der Waals surface area contributed by atoms with Crippen LogP contribution in [0.4, 0.5) is 0 Å². The van der Waals surface area contributed by atoms with Gasteiger partial charge in [0, 0.05) is 5.75 Å². The lowest BCUT2D eigenvalue weighted by Gasteiger charge is -2.30. The molecular formula is C21H25N3OS. The lowest BCUT2D eigenvalue weighted by molar-refractivity contribution is 0.130. The van der Waals surface area contributed by atoms with Crippen molar-refractivity contribution in [3.63, 3.8) is 0 Å². The van der Waals surface area contributed by atoms with Crippen LogP contribution in [0, 0.1) is 6.92 Å². The van der Waals surface area contributed by atoms with E-state index in [2.05, 4.69) is 60.4 Å². The summed E-state index contributed by atoms with van der Waals surface area (Å²) < 4.78 is 0. The number of hydrogen-bond donors (Lipinski definition) is 1. The van der Waals surface area contributed by atoms with Crippen LogP contribution in [0.5, 0.6) is 0 Å². The van der Waals surface area contributed by atoms with Crippen molar-refractivity contribution in [2.45, 2.75) is 39.3 Å². The topological polar surface area (TPSA) is 60.0 Å². The maximum Gasteiger partial charge on any atom is 0.154 e. The van der Waals surface area contributed by atoms with E-state index in [1.807, 2.05) is 19.1 Å². The lowest BCUT2D eigenvalue weighted by Crippen LogP contribution is -2.28. The predicted octanol–water partition coefficient (Wildman–Crippen LogP) is 4.60. The number of aliphatic imine (C=N–C) groups is 1. The molecule has 2 aromatic carbocycles. The standard InChI is InChI=1S/C21H25N3OS/c1-15-7-9-17(10-8-15)14-25-24-16(2)18-5-4-6-19(13-18)21(3)11-12-26-20(22)23-21/h4-10,13H,11-12,14H2,1-3H3,(H2,22,23). The molecule has 0 saturated heterocycles. The summed E-state index contributed by atoms with van der Waals surface area (Å²) in [7, 11) is 0. The van der Waals surface area contributed by atoms with Gasteiger partial charge in [-0.15, -0.1) is 0 Å². The third-order valence-corrected chi connectivity index (χ3v) is 5.45. The normalized spacial score (nSPS) is 20.6. The number of nitrogens with two attached hydrogens (primary N) is 1. The predicted molar refractivity (Wildman–Crippen MR) is 111 cm³/mol. The number of benzene rings is 2. The minimum atomic E-state index is -0.269. The first-order chi connectivity index (χ1) is 12.5. The van der Waals surface area contributed by atoms with Gasteiger partial charge in [-0.1, -0.05) is 64.9 Å². The molecule has 0 aromatic heterocycles. The smallest absolute Gasteiger partial charge is 0.154 e. The number of rotatable bonds is 5. The number of amidine groups is 1. The average Bonchev–Trinajstić information content (AvgIpc) is 2.63. The molecule has 1 aliphatic heterocycles. The molecule has 4 nitrogen and oxygen atoms in total. The zero-order valence-electron chi connectivity index (χ0n) is 15.5. The minimum absolute atomic E-state index is 0.269. The molecule has 2 aromatic rings. The Morgan fingerprint density at radius 2 is 2.04 bits per heavy atom. The summed E-state index contributed by atoms with van der Waals surface area (Å²) in [4.78, 5) is 10.2. The fourth-order valence-corrected chi connectivity index (χ4v) is 3.89. The second-order valence-electron chi connectivity index (χ2n) is 6.84. The number of thioether (sulfide) groups is 1. The van der Waals surface area contributed by atoms with Crippen LogP contribution in [0.1, 0.15) is 42.5 Å². The molecule has 0 saturated carbocycles. The number of hydrogen-bond acceptors (Lipinski definition) is 5. The van der Waals surface area contributed by atoms with Gasteiger partial charge in [-0.3, -0.25) is 4.99 Å². The highest BCUT2D eigenvalue weighted by atomic mass is 32.2. The Morgan fingerprint density at radius 3 is 2.77 bits per heavy atom. The Morgan fingerprint density at radius 1 is 1.27 bits per heavy atom. The Kier molecular flexibility index (Phi) is 5.67. The van der Waals surface area contributed by atoms with E-state index < -0.39 is 0 Å². The third kappa shape index (κ3) is 4.47.